The van der Waals surface area contributed by atoms with Crippen LogP contribution in [-0.2, 0) is 5.41 Å². The van der Waals surface area contributed by atoms with Crippen LogP contribution in [0.2, 0.25) is 0 Å². The van der Waals surface area contributed by atoms with Crippen LogP contribution in [0.15, 0.2) is 12.1 Å². The van der Waals surface area contributed by atoms with Crippen LogP contribution in [0, 0.1) is 11.3 Å². The summed E-state index contributed by atoms with van der Waals surface area (Å²) in [5.74, 6) is 0.516. The van der Waals surface area contributed by atoms with E-state index in [1.165, 1.54) is 19.3 Å². The summed E-state index contributed by atoms with van der Waals surface area (Å²) < 4.78 is 5.98. The predicted octanol–water partition coefficient (Wildman–Crippen LogP) is 3.96. The Labute approximate surface area is 115 Å². The van der Waals surface area contributed by atoms with Crippen molar-refractivity contribution in [3.63, 3.8) is 0 Å². The number of aromatic nitrogens is 1. The van der Waals surface area contributed by atoms with Gasteiger partial charge in [-0.2, -0.15) is 5.26 Å². The molecular formula is C16H22N2O. The molecule has 0 bridgehead atoms. The highest BCUT2D eigenvalue weighted by atomic mass is 16.5. The molecule has 3 heteroatoms. The highest BCUT2D eigenvalue weighted by molar-refractivity contribution is 5.40. The molecule has 0 spiro atoms. The number of pyridine rings is 1. The SMILES string of the molecule is CC(C)(C)c1ccc(C#N)c(OC2CCCCC2)n1. The standard InChI is InChI=1S/C16H22N2O/c1-16(2,3)14-10-9-12(11-17)15(18-14)19-13-7-5-4-6-8-13/h9-10,13H,4-8H2,1-3H3. The van der Waals surface area contributed by atoms with Gasteiger partial charge in [-0.15, -0.1) is 0 Å². The largest absolute Gasteiger partial charge is 0.473 e. The maximum atomic E-state index is 9.17. The van der Waals surface area contributed by atoms with Gasteiger partial charge in [0.25, 0.3) is 0 Å². The van der Waals surface area contributed by atoms with Crippen molar-refractivity contribution < 1.29 is 4.74 Å². The van der Waals surface area contributed by atoms with Crippen molar-refractivity contribution in [3.05, 3.63) is 23.4 Å². The van der Waals surface area contributed by atoms with Crippen LogP contribution in [0.3, 0.4) is 0 Å². The van der Waals surface area contributed by atoms with Crippen molar-refractivity contribution in [2.24, 2.45) is 0 Å². The lowest BCUT2D eigenvalue weighted by molar-refractivity contribution is 0.147. The third kappa shape index (κ3) is 3.47. The molecule has 19 heavy (non-hydrogen) atoms. The van der Waals surface area contributed by atoms with E-state index in [4.69, 9.17) is 4.74 Å². The van der Waals surface area contributed by atoms with E-state index in [1.54, 1.807) is 0 Å². The van der Waals surface area contributed by atoms with Crippen LogP contribution < -0.4 is 4.74 Å². The molecule has 0 aromatic carbocycles. The van der Waals surface area contributed by atoms with Crippen LogP contribution in [-0.4, -0.2) is 11.1 Å². The first-order valence-corrected chi connectivity index (χ1v) is 7.09. The number of hydrogen-bond donors (Lipinski definition) is 0. The zero-order valence-electron chi connectivity index (χ0n) is 12.1. The normalized spacial score (nSPS) is 16.9. The minimum atomic E-state index is -0.0291. The van der Waals surface area contributed by atoms with Gasteiger partial charge in [0, 0.05) is 11.1 Å². The topological polar surface area (TPSA) is 45.9 Å². The van der Waals surface area contributed by atoms with E-state index in [0.717, 1.165) is 18.5 Å². The van der Waals surface area contributed by atoms with Crippen molar-refractivity contribution in [1.82, 2.24) is 4.98 Å². The fourth-order valence-corrected chi connectivity index (χ4v) is 2.37. The Morgan fingerprint density at radius 2 is 1.89 bits per heavy atom. The molecule has 1 fully saturated rings. The van der Waals surface area contributed by atoms with E-state index in [-0.39, 0.29) is 11.5 Å². The summed E-state index contributed by atoms with van der Waals surface area (Å²) in [5, 5.41) is 9.17. The highest BCUT2D eigenvalue weighted by Crippen LogP contribution is 2.28. The number of nitriles is 1. The van der Waals surface area contributed by atoms with Gasteiger partial charge in [-0.25, -0.2) is 4.98 Å². The van der Waals surface area contributed by atoms with E-state index >= 15 is 0 Å². The Morgan fingerprint density at radius 3 is 2.47 bits per heavy atom. The van der Waals surface area contributed by atoms with Gasteiger partial charge in [0.2, 0.25) is 5.88 Å². The smallest absolute Gasteiger partial charge is 0.232 e. The van der Waals surface area contributed by atoms with Crippen molar-refractivity contribution in [1.29, 1.82) is 5.26 Å². The molecule has 1 aliphatic rings. The fraction of sp³-hybridized carbons (Fsp3) is 0.625. The lowest BCUT2D eigenvalue weighted by Crippen LogP contribution is -2.22. The molecule has 1 aliphatic carbocycles. The second-order valence-electron chi connectivity index (χ2n) is 6.29. The minimum absolute atomic E-state index is 0.0291. The molecule has 0 atom stereocenters. The average molecular weight is 258 g/mol. The summed E-state index contributed by atoms with van der Waals surface area (Å²) in [6, 6.07) is 5.92. The zero-order chi connectivity index (χ0) is 13.9. The molecule has 1 aromatic rings. The van der Waals surface area contributed by atoms with Crippen molar-refractivity contribution in [3.8, 4) is 11.9 Å². The van der Waals surface area contributed by atoms with Crippen molar-refractivity contribution in [2.75, 3.05) is 0 Å². The van der Waals surface area contributed by atoms with Gasteiger partial charge in [-0.05, 0) is 37.8 Å². The van der Waals surface area contributed by atoms with Gasteiger partial charge in [0.05, 0.1) is 0 Å². The quantitative estimate of drug-likeness (QED) is 0.806. The van der Waals surface area contributed by atoms with Gasteiger partial charge >= 0.3 is 0 Å². The molecule has 2 rings (SSSR count). The van der Waals surface area contributed by atoms with E-state index in [0.29, 0.717) is 11.4 Å². The second-order valence-corrected chi connectivity index (χ2v) is 6.29. The molecule has 0 saturated heterocycles. The molecular weight excluding hydrogens is 236 g/mol. The third-order valence-electron chi connectivity index (χ3n) is 3.58. The number of ether oxygens (including phenoxy) is 1. The van der Waals surface area contributed by atoms with Gasteiger partial charge in [-0.3, -0.25) is 0 Å². The minimum Gasteiger partial charge on any atom is -0.473 e. The Kier molecular flexibility index (Phi) is 4.09. The fourth-order valence-electron chi connectivity index (χ4n) is 2.37. The predicted molar refractivity (Wildman–Crippen MR) is 75.2 cm³/mol. The third-order valence-corrected chi connectivity index (χ3v) is 3.58. The lowest BCUT2D eigenvalue weighted by Gasteiger charge is -2.24. The molecule has 102 valence electrons. The summed E-state index contributed by atoms with van der Waals surface area (Å²) >= 11 is 0. The van der Waals surface area contributed by atoms with E-state index in [1.807, 2.05) is 12.1 Å². The Hall–Kier alpha value is -1.56. The molecule has 3 nitrogen and oxygen atoms in total. The maximum absolute atomic E-state index is 9.17. The van der Waals surface area contributed by atoms with Gasteiger partial charge in [0.1, 0.15) is 17.7 Å². The van der Waals surface area contributed by atoms with Gasteiger partial charge in [-0.1, -0.05) is 27.2 Å². The first-order chi connectivity index (χ1) is 9.00. The average Bonchev–Trinajstić information content (AvgIpc) is 2.39. The summed E-state index contributed by atoms with van der Waals surface area (Å²) in [6.07, 6.45) is 6.10. The summed E-state index contributed by atoms with van der Waals surface area (Å²) in [7, 11) is 0. The van der Waals surface area contributed by atoms with E-state index < -0.39 is 0 Å². The van der Waals surface area contributed by atoms with E-state index in [9.17, 15) is 5.26 Å². The molecule has 0 aliphatic heterocycles. The molecule has 0 N–H and O–H groups in total. The Morgan fingerprint density at radius 1 is 1.21 bits per heavy atom. The van der Waals surface area contributed by atoms with Crippen LogP contribution in [0.5, 0.6) is 5.88 Å². The molecule has 0 amide bonds. The Balaban J connectivity index is 2.23. The van der Waals surface area contributed by atoms with Gasteiger partial charge < -0.3 is 4.74 Å². The van der Waals surface area contributed by atoms with Crippen LogP contribution in [0.25, 0.3) is 0 Å². The Bertz CT molecular complexity index is 477. The van der Waals surface area contributed by atoms with Crippen LogP contribution >= 0.6 is 0 Å². The number of hydrogen-bond acceptors (Lipinski definition) is 3. The zero-order valence-corrected chi connectivity index (χ0v) is 12.1. The lowest BCUT2D eigenvalue weighted by atomic mass is 9.91. The summed E-state index contributed by atoms with van der Waals surface area (Å²) in [6.45, 7) is 6.35. The first-order valence-electron chi connectivity index (χ1n) is 7.09. The molecule has 0 unspecified atom stereocenters. The van der Waals surface area contributed by atoms with E-state index in [2.05, 4.69) is 31.8 Å². The first kappa shape index (κ1) is 13.9. The monoisotopic (exact) mass is 258 g/mol. The molecule has 1 heterocycles. The number of nitrogens with zero attached hydrogens (tertiary/aromatic N) is 2. The van der Waals surface area contributed by atoms with Crippen molar-refractivity contribution in [2.45, 2.75) is 64.4 Å². The second kappa shape index (κ2) is 5.61. The van der Waals surface area contributed by atoms with Crippen molar-refractivity contribution >= 4 is 0 Å². The molecule has 1 aromatic heterocycles. The highest BCUT2D eigenvalue weighted by Gasteiger charge is 2.21. The molecule has 1 saturated carbocycles. The van der Waals surface area contributed by atoms with Gasteiger partial charge in [0.15, 0.2) is 0 Å². The van der Waals surface area contributed by atoms with Crippen LogP contribution in [0.4, 0.5) is 0 Å². The number of rotatable bonds is 2. The summed E-state index contributed by atoms with van der Waals surface area (Å²) in [5.41, 5.74) is 1.48. The summed E-state index contributed by atoms with van der Waals surface area (Å²) in [4.78, 5) is 4.56. The molecule has 0 radical (unpaired) electrons. The maximum Gasteiger partial charge on any atom is 0.232 e. The van der Waals surface area contributed by atoms with Crippen LogP contribution in [0.1, 0.15) is 64.1 Å².